The first-order valence-electron chi connectivity index (χ1n) is 13.3. The van der Waals surface area contributed by atoms with Gasteiger partial charge in [-0.15, -0.1) is 0 Å². The standard InChI is InChI=1S/C32H40O5S/c33-30(34)23-24-38-29(31(35)27-20-16-21-28(25-27)32(36)37)22-15-10-8-6-4-2-1-3-5-7-9-12-17-26-18-13-11-14-19-26/h7-11,13-16,18-22,25,29,31,35H,1-6,12,17,23-24H2,(H,33,34)(H,36,37)/t29-,31+/m1/s1. The van der Waals surface area contributed by atoms with Gasteiger partial charge < -0.3 is 15.3 Å². The van der Waals surface area contributed by atoms with Crippen LogP contribution < -0.4 is 0 Å². The Hall–Kier alpha value is -3.09. The number of allylic oxidation sites excluding steroid dienone is 5. The van der Waals surface area contributed by atoms with Crippen LogP contribution in [0.2, 0.25) is 0 Å². The minimum Gasteiger partial charge on any atom is -0.481 e. The molecule has 0 aliphatic rings. The summed E-state index contributed by atoms with van der Waals surface area (Å²) < 4.78 is 0. The molecule has 3 N–H and O–H groups in total. The maximum atomic E-state index is 11.3. The molecule has 0 unspecified atom stereocenters. The Morgan fingerprint density at radius 1 is 0.816 bits per heavy atom. The Balaban J connectivity index is 1.68. The van der Waals surface area contributed by atoms with Crippen LogP contribution in [0.3, 0.4) is 0 Å². The van der Waals surface area contributed by atoms with Crippen molar-refractivity contribution < 1.29 is 24.9 Å². The number of aliphatic hydroxyl groups excluding tert-OH is 1. The highest BCUT2D eigenvalue weighted by molar-refractivity contribution is 8.00. The number of carboxylic acids is 2. The lowest BCUT2D eigenvalue weighted by Crippen LogP contribution is -2.15. The molecule has 0 heterocycles. The SMILES string of the molecule is O=C(O)CCS[C@H](C=CC=CCCCCCCC=CCCc1ccccc1)[C@@H](O)c1cccc(C(=O)O)c1. The number of carbonyl (C=O) groups is 2. The number of aromatic carboxylic acids is 1. The van der Waals surface area contributed by atoms with Gasteiger partial charge in [-0.1, -0.05) is 91.8 Å². The number of aliphatic hydroxyl groups is 1. The number of rotatable bonds is 19. The van der Waals surface area contributed by atoms with Crippen molar-refractivity contribution in [2.24, 2.45) is 0 Å². The second kappa shape index (κ2) is 19.0. The zero-order valence-corrected chi connectivity index (χ0v) is 22.8. The highest BCUT2D eigenvalue weighted by atomic mass is 32.2. The van der Waals surface area contributed by atoms with E-state index in [1.165, 1.54) is 48.7 Å². The van der Waals surface area contributed by atoms with E-state index in [0.717, 1.165) is 32.1 Å². The lowest BCUT2D eigenvalue weighted by atomic mass is 10.0. The van der Waals surface area contributed by atoms with Gasteiger partial charge in [0.15, 0.2) is 0 Å². The monoisotopic (exact) mass is 536 g/mol. The van der Waals surface area contributed by atoms with Crippen LogP contribution in [0.15, 0.2) is 91.1 Å². The Kier molecular flexibility index (Phi) is 15.6. The van der Waals surface area contributed by atoms with Gasteiger partial charge in [0, 0.05) is 5.75 Å². The molecule has 2 rings (SSSR count). The van der Waals surface area contributed by atoms with Gasteiger partial charge in [-0.3, -0.25) is 4.79 Å². The highest BCUT2D eigenvalue weighted by Crippen LogP contribution is 2.29. The molecule has 38 heavy (non-hydrogen) atoms. The summed E-state index contributed by atoms with van der Waals surface area (Å²) in [7, 11) is 0. The summed E-state index contributed by atoms with van der Waals surface area (Å²) in [6.07, 6.45) is 20.5. The first kappa shape index (κ1) is 31.1. The van der Waals surface area contributed by atoms with Crippen LogP contribution >= 0.6 is 11.8 Å². The van der Waals surface area contributed by atoms with Crippen LogP contribution in [-0.2, 0) is 11.2 Å². The highest BCUT2D eigenvalue weighted by Gasteiger charge is 2.20. The van der Waals surface area contributed by atoms with Crippen molar-refractivity contribution in [3.63, 3.8) is 0 Å². The van der Waals surface area contributed by atoms with Crippen LogP contribution in [0.4, 0.5) is 0 Å². The van der Waals surface area contributed by atoms with E-state index in [1.54, 1.807) is 12.1 Å². The number of thioether (sulfide) groups is 1. The van der Waals surface area contributed by atoms with Gasteiger partial charge in [0.2, 0.25) is 0 Å². The summed E-state index contributed by atoms with van der Waals surface area (Å²) >= 11 is 1.35. The van der Waals surface area contributed by atoms with E-state index in [4.69, 9.17) is 5.11 Å². The van der Waals surface area contributed by atoms with Crippen LogP contribution in [-0.4, -0.2) is 38.3 Å². The number of hydrogen-bond acceptors (Lipinski definition) is 4. The molecule has 2 aromatic carbocycles. The van der Waals surface area contributed by atoms with Crippen molar-refractivity contribution in [1.82, 2.24) is 0 Å². The van der Waals surface area contributed by atoms with Crippen LogP contribution in [0.25, 0.3) is 0 Å². The average molecular weight is 537 g/mol. The second-order valence-corrected chi connectivity index (χ2v) is 10.4. The number of benzene rings is 2. The predicted octanol–water partition coefficient (Wildman–Crippen LogP) is 7.64. The van der Waals surface area contributed by atoms with Crippen molar-refractivity contribution in [3.05, 3.63) is 108 Å². The van der Waals surface area contributed by atoms with Crippen molar-refractivity contribution in [2.45, 2.75) is 69.1 Å². The minimum atomic E-state index is -1.05. The Labute approximate surface area is 231 Å². The van der Waals surface area contributed by atoms with Gasteiger partial charge in [-0.2, -0.15) is 11.8 Å². The normalized spacial score (nSPS) is 13.4. The molecule has 0 amide bonds. The molecule has 0 aliphatic heterocycles. The Morgan fingerprint density at radius 3 is 2.24 bits per heavy atom. The van der Waals surface area contributed by atoms with Crippen molar-refractivity contribution in [3.8, 4) is 0 Å². The van der Waals surface area contributed by atoms with E-state index in [9.17, 15) is 19.8 Å². The summed E-state index contributed by atoms with van der Waals surface area (Å²) in [5.74, 6) is -1.59. The van der Waals surface area contributed by atoms with Crippen LogP contribution in [0, 0.1) is 0 Å². The molecular formula is C32H40O5S. The zero-order valence-electron chi connectivity index (χ0n) is 22.0. The summed E-state index contributed by atoms with van der Waals surface area (Å²) in [5, 5.41) is 28.6. The summed E-state index contributed by atoms with van der Waals surface area (Å²) in [6, 6.07) is 16.8. The molecule has 0 saturated heterocycles. The summed E-state index contributed by atoms with van der Waals surface area (Å²) in [5.41, 5.74) is 1.99. The van der Waals surface area contributed by atoms with E-state index in [1.807, 2.05) is 24.3 Å². The van der Waals surface area contributed by atoms with Crippen LogP contribution in [0.5, 0.6) is 0 Å². The molecule has 0 aliphatic carbocycles. The van der Waals surface area contributed by atoms with Crippen molar-refractivity contribution in [2.75, 3.05) is 5.75 Å². The van der Waals surface area contributed by atoms with E-state index >= 15 is 0 Å². The van der Waals surface area contributed by atoms with Crippen molar-refractivity contribution >= 4 is 23.7 Å². The number of carboxylic acid groups (broad SMARTS) is 2. The Bertz CT molecular complexity index is 1040. The quantitative estimate of drug-likeness (QED) is 0.0970. The third kappa shape index (κ3) is 13.5. The average Bonchev–Trinajstić information content (AvgIpc) is 2.92. The molecule has 6 heteroatoms. The van der Waals surface area contributed by atoms with E-state index in [2.05, 4.69) is 42.5 Å². The maximum Gasteiger partial charge on any atom is 0.335 e. The minimum absolute atomic E-state index is 0.00376. The molecule has 204 valence electrons. The van der Waals surface area contributed by atoms with Crippen LogP contribution in [0.1, 0.15) is 79.0 Å². The first-order valence-corrected chi connectivity index (χ1v) is 14.4. The number of unbranched alkanes of at least 4 members (excludes halogenated alkanes) is 5. The van der Waals surface area contributed by atoms with Gasteiger partial charge >= 0.3 is 11.9 Å². The summed E-state index contributed by atoms with van der Waals surface area (Å²) in [4.78, 5) is 22.2. The molecule has 0 radical (unpaired) electrons. The number of aliphatic carboxylic acids is 1. The first-order chi connectivity index (χ1) is 18.5. The fourth-order valence-corrected chi connectivity index (χ4v) is 5.04. The van der Waals surface area contributed by atoms with Gasteiger partial charge in [-0.05, 0) is 61.8 Å². The second-order valence-electron chi connectivity index (χ2n) is 9.15. The lowest BCUT2D eigenvalue weighted by Gasteiger charge is -2.20. The van der Waals surface area contributed by atoms with Gasteiger partial charge in [0.1, 0.15) is 0 Å². The van der Waals surface area contributed by atoms with Gasteiger partial charge in [-0.25, -0.2) is 4.79 Å². The van der Waals surface area contributed by atoms with Crippen molar-refractivity contribution in [1.29, 1.82) is 0 Å². The number of hydrogen-bond donors (Lipinski definition) is 3. The fourth-order valence-electron chi connectivity index (χ4n) is 3.94. The maximum absolute atomic E-state index is 11.3. The topological polar surface area (TPSA) is 94.8 Å². The molecular weight excluding hydrogens is 496 g/mol. The molecule has 0 bridgehead atoms. The number of aryl methyl sites for hydroxylation is 1. The van der Waals surface area contributed by atoms with E-state index in [0.29, 0.717) is 11.3 Å². The molecule has 0 fully saturated rings. The largest absolute Gasteiger partial charge is 0.481 e. The van der Waals surface area contributed by atoms with E-state index < -0.39 is 18.0 Å². The lowest BCUT2D eigenvalue weighted by molar-refractivity contribution is -0.136. The third-order valence-electron chi connectivity index (χ3n) is 6.06. The molecule has 0 aromatic heterocycles. The molecule has 5 nitrogen and oxygen atoms in total. The predicted molar refractivity (Wildman–Crippen MR) is 157 cm³/mol. The van der Waals surface area contributed by atoms with E-state index in [-0.39, 0.29) is 17.2 Å². The molecule has 2 atom stereocenters. The Morgan fingerprint density at radius 2 is 1.53 bits per heavy atom. The van der Waals surface area contributed by atoms with Gasteiger partial charge in [0.05, 0.1) is 23.3 Å². The smallest absolute Gasteiger partial charge is 0.335 e. The molecule has 0 saturated carbocycles. The molecule has 2 aromatic rings. The third-order valence-corrected chi connectivity index (χ3v) is 7.30. The van der Waals surface area contributed by atoms with Gasteiger partial charge in [0.25, 0.3) is 0 Å². The summed E-state index contributed by atoms with van der Waals surface area (Å²) in [6.45, 7) is 0. The molecule has 0 spiro atoms. The fraction of sp³-hybridized carbons (Fsp3) is 0.375. The zero-order chi connectivity index (χ0) is 27.4.